The molecule has 0 atom stereocenters. The molecule has 20 heavy (non-hydrogen) atoms. The summed E-state index contributed by atoms with van der Waals surface area (Å²) in [6.45, 7) is 0.594. The minimum atomic E-state index is -0.189. The van der Waals surface area contributed by atoms with Crippen LogP contribution >= 0.6 is 39.1 Å². The topological polar surface area (TPSA) is 46.9 Å². The zero-order valence-electron chi connectivity index (χ0n) is 10.7. The van der Waals surface area contributed by atoms with Gasteiger partial charge in [-0.3, -0.25) is 4.79 Å². The monoisotopic (exact) mass is 375 g/mol. The highest BCUT2D eigenvalue weighted by molar-refractivity contribution is 9.10. The van der Waals surface area contributed by atoms with Gasteiger partial charge in [-0.15, -0.1) is 0 Å². The quantitative estimate of drug-likeness (QED) is 0.888. The number of anilines is 1. The van der Waals surface area contributed by atoms with Crippen molar-refractivity contribution in [3.05, 3.63) is 54.8 Å². The Balaban J connectivity index is 2.07. The normalized spacial score (nSPS) is 10.6. The standard InChI is InChI=1S/C13H12BrCl2N3O/c1-19-13(20)12(14)11(7-18-19)17-6-5-8-9(15)3-2-4-10(8)16/h2-4,7,17H,5-6H2,1H3. The molecule has 7 heteroatoms. The van der Waals surface area contributed by atoms with Gasteiger partial charge in [-0.2, -0.15) is 5.10 Å². The number of halogens is 3. The van der Waals surface area contributed by atoms with Gasteiger partial charge in [-0.1, -0.05) is 29.3 Å². The van der Waals surface area contributed by atoms with Gasteiger partial charge in [-0.25, -0.2) is 4.68 Å². The molecular weight excluding hydrogens is 365 g/mol. The molecule has 1 heterocycles. The van der Waals surface area contributed by atoms with Crippen molar-refractivity contribution in [1.82, 2.24) is 9.78 Å². The first kappa shape index (κ1) is 15.4. The van der Waals surface area contributed by atoms with Crippen LogP contribution in [0.1, 0.15) is 5.56 Å². The van der Waals surface area contributed by atoms with E-state index in [-0.39, 0.29) is 5.56 Å². The molecule has 2 rings (SSSR count). The summed E-state index contributed by atoms with van der Waals surface area (Å²) in [7, 11) is 1.60. The number of aromatic nitrogens is 2. The number of aryl methyl sites for hydroxylation is 1. The van der Waals surface area contributed by atoms with Crippen LogP contribution < -0.4 is 10.9 Å². The van der Waals surface area contributed by atoms with Crippen LogP contribution in [0.3, 0.4) is 0 Å². The Bertz CT molecular complexity index is 668. The van der Waals surface area contributed by atoms with E-state index in [1.807, 2.05) is 6.07 Å². The summed E-state index contributed by atoms with van der Waals surface area (Å²) in [5.41, 5.74) is 1.35. The van der Waals surface area contributed by atoms with E-state index >= 15 is 0 Å². The lowest BCUT2D eigenvalue weighted by Gasteiger charge is -2.10. The Kier molecular flexibility index (Phi) is 5.07. The van der Waals surface area contributed by atoms with Crippen LogP contribution in [0.2, 0.25) is 10.0 Å². The molecule has 0 amide bonds. The zero-order chi connectivity index (χ0) is 14.7. The highest BCUT2D eigenvalue weighted by atomic mass is 79.9. The summed E-state index contributed by atoms with van der Waals surface area (Å²) in [6, 6.07) is 5.42. The maximum Gasteiger partial charge on any atom is 0.282 e. The lowest BCUT2D eigenvalue weighted by atomic mass is 10.1. The van der Waals surface area contributed by atoms with Gasteiger partial charge in [0.25, 0.3) is 5.56 Å². The molecule has 0 bridgehead atoms. The lowest BCUT2D eigenvalue weighted by molar-refractivity contribution is 0.703. The van der Waals surface area contributed by atoms with Crippen LogP contribution in [0.4, 0.5) is 5.69 Å². The van der Waals surface area contributed by atoms with Crippen molar-refractivity contribution in [1.29, 1.82) is 0 Å². The Morgan fingerprint density at radius 2 is 2.00 bits per heavy atom. The molecule has 1 aromatic heterocycles. The van der Waals surface area contributed by atoms with Crippen LogP contribution in [-0.2, 0) is 13.5 Å². The van der Waals surface area contributed by atoms with E-state index < -0.39 is 0 Å². The largest absolute Gasteiger partial charge is 0.382 e. The molecule has 1 aromatic carbocycles. The van der Waals surface area contributed by atoms with E-state index in [2.05, 4.69) is 26.3 Å². The van der Waals surface area contributed by atoms with Gasteiger partial charge in [0.2, 0.25) is 0 Å². The van der Waals surface area contributed by atoms with Gasteiger partial charge < -0.3 is 5.32 Å². The maximum absolute atomic E-state index is 11.7. The lowest BCUT2D eigenvalue weighted by Crippen LogP contribution is -2.21. The Morgan fingerprint density at radius 3 is 2.65 bits per heavy atom. The number of rotatable bonds is 4. The van der Waals surface area contributed by atoms with Gasteiger partial charge in [-0.05, 0) is 40.0 Å². The van der Waals surface area contributed by atoms with Gasteiger partial charge in [0, 0.05) is 23.6 Å². The minimum absolute atomic E-state index is 0.189. The number of benzene rings is 1. The fourth-order valence-electron chi connectivity index (χ4n) is 1.73. The summed E-state index contributed by atoms with van der Waals surface area (Å²) >= 11 is 15.5. The summed E-state index contributed by atoms with van der Waals surface area (Å²) in [4.78, 5) is 11.7. The first-order valence-corrected chi connectivity index (χ1v) is 7.44. The molecule has 1 N–H and O–H groups in total. The fourth-order valence-corrected chi connectivity index (χ4v) is 2.81. The summed E-state index contributed by atoms with van der Waals surface area (Å²) in [5, 5.41) is 8.38. The SMILES string of the molecule is Cn1ncc(NCCc2c(Cl)cccc2Cl)c(Br)c1=O. The molecule has 0 unspecified atom stereocenters. The maximum atomic E-state index is 11.7. The second-order valence-electron chi connectivity index (χ2n) is 4.18. The molecule has 0 radical (unpaired) electrons. The molecule has 0 saturated heterocycles. The number of hydrogen-bond donors (Lipinski definition) is 1. The molecule has 4 nitrogen and oxygen atoms in total. The van der Waals surface area contributed by atoms with Crippen molar-refractivity contribution in [3.8, 4) is 0 Å². The summed E-state index contributed by atoms with van der Waals surface area (Å²) in [6.07, 6.45) is 2.25. The summed E-state index contributed by atoms with van der Waals surface area (Å²) < 4.78 is 1.72. The molecule has 0 aliphatic carbocycles. The first-order chi connectivity index (χ1) is 9.50. The smallest absolute Gasteiger partial charge is 0.282 e. The van der Waals surface area contributed by atoms with E-state index in [0.717, 1.165) is 5.56 Å². The molecule has 0 fully saturated rings. The van der Waals surface area contributed by atoms with Crippen LogP contribution in [0.5, 0.6) is 0 Å². The molecule has 0 spiro atoms. The van der Waals surface area contributed by atoms with E-state index in [1.165, 1.54) is 4.68 Å². The second-order valence-corrected chi connectivity index (χ2v) is 5.79. The van der Waals surface area contributed by atoms with E-state index in [9.17, 15) is 4.79 Å². The molecular formula is C13H12BrCl2N3O. The molecule has 0 aliphatic heterocycles. The number of nitrogens with zero attached hydrogens (tertiary/aromatic N) is 2. The average molecular weight is 377 g/mol. The molecule has 2 aromatic rings. The van der Waals surface area contributed by atoms with Gasteiger partial charge in [0.15, 0.2) is 0 Å². The fraction of sp³-hybridized carbons (Fsp3) is 0.231. The van der Waals surface area contributed by atoms with Crippen molar-refractivity contribution in [2.24, 2.45) is 7.05 Å². The predicted molar refractivity (Wildman–Crippen MR) is 85.8 cm³/mol. The summed E-state index contributed by atoms with van der Waals surface area (Å²) in [5.74, 6) is 0. The van der Waals surface area contributed by atoms with E-state index in [0.29, 0.717) is 33.2 Å². The van der Waals surface area contributed by atoms with Crippen LogP contribution in [0.15, 0.2) is 33.7 Å². The van der Waals surface area contributed by atoms with Crippen molar-refractivity contribution in [2.75, 3.05) is 11.9 Å². The molecule has 106 valence electrons. The van der Waals surface area contributed by atoms with E-state index in [1.54, 1.807) is 25.4 Å². The van der Waals surface area contributed by atoms with Gasteiger partial charge >= 0.3 is 0 Å². The third-order valence-electron chi connectivity index (χ3n) is 2.83. The van der Waals surface area contributed by atoms with Crippen LogP contribution in [-0.4, -0.2) is 16.3 Å². The van der Waals surface area contributed by atoms with Crippen LogP contribution in [0, 0.1) is 0 Å². The van der Waals surface area contributed by atoms with Crippen molar-refractivity contribution >= 4 is 44.8 Å². The number of hydrogen-bond acceptors (Lipinski definition) is 3. The Hall–Kier alpha value is -1.04. The second kappa shape index (κ2) is 6.61. The average Bonchev–Trinajstić information content (AvgIpc) is 2.42. The van der Waals surface area contributed by atoms with E-state index in [4.69, 9.17) is 23.2 Å². The van der Waals surface area contributed by atoms with Crippen molar-refractivity contribution in [2.45, 2.75) is 6.42 Å². The zero-order valence-corrected chi connectivity index (χ0v) is 13.8. The van der Waals surface area contributed by atoms with Crippen molar-refractivity contribution < 1.29 is 0 Å². The van der Waals surface area contributed by atoms with Gasteiger partial charge in [0.1, 0.15) is 4.47 Å². The highest BCUT2D eigenvalue weighted by Gasteiger charge is 2.08. The van der Waals surface area contributed by atoms with Gasteiger partial charge in [0.05, 0.1) is 11.9 Å². The third-order valence-corrected chi connectivity index (χ3v) is 4.30. The Labute approximate surface area is 134 Å². The first-order valence-electron chi connectivity index (χ1n) is 5.89. The highest BCUT2D eigenvalue weighted by Crippen LogP contribution is 2.25. The third kappa shape index (κ3) is 3.34. The minimum Gasteiger partial charge on any atom is -0.382 e. The Morgan fingerprint density at radius 1 is 1.35 bits per heavy atom. The number of nitrogens with one attached hydrogen (secondary N) is 1. The van der Waals surface area contributed by atoms with Crippen molar-refractivity contribution in [3.63, 3.8) is 0 Å². The molecule has 0 saturated carbocycles. The predicted octanol–water partition coefficient (Wildman–Crippen LogP) is 3.50. The molecule has 0 aliphatic rings. The van der Waals surface area contributed by atoms with Crippen LogP contribution in [0.25, 0.3) is 0 Å².